The van der Waals surface area contributed by atoms with Crippen LogP contribution >= 0.6 is 7.37 Å². The second-order valence-electron chi connectivity index (χ2n) is 8.37. The van der Waals surface area contributed by atoms with E-state index in [4.69, 9.17) is 0 Å². The third kappa shape index (κ3) is 5.60. The Morgan fingerprint density at radius 2 is 0.396 bits per heavy atom. The predicted molar refractivity (Wildman–Crippen MR) is 79.1 cm³/mol. The molecule has 0 aromatic heterocycles. The molecule has 0 aromatic carbocycles. The minimum atomic E-state index is -11.2. The van der Waals surface area contributed by atoms with Crippen molar-refractivity contribution in [3.05, 3.63) is 0 Å². The van der Waals surface area contributed by atoms with Crippen molar-refractivity contribution in [1.82, 2.24) is 0 Å². The van der Waals surface area contributed by atoms with Gasteiger partial charge >= 0.3 is 112 Å². The van der Waals surface area contributed by atoms with Crippen molar-refractivity contribution in [1.29, 1.82) is 0 Å². The summed E-state index contributed by atoms with van der Waals surface area (Å²) < 4.78 is 403. The Morgan fingerprint density at radius 3 is 0.542 bits per heavy atom. The van der Waals surface area contributed by atoms with Crippen LogP contribution < -0.4 is 34.5 Å². The van der Waals surface area contributed by atoms with Crippen LogP contribution in [0.3, 0.4) is 0 Å². The van der Waals surface area contributed by atoms with Crippen LogP contribution in [0.25, 0.3) is 0 Å². The molecule has 284 valence electrons. The van der Waals surface area contributed by atoms with Gasteiger partial charge in [0.2, 0.25) is 0 Å². The number of hydrogen-bond donors (Lipinski definition) is 0. The largest absolute Gasteiger partial charge is 1.00 e. The molecule has 0 fully saturated rings. The Labute approximate surface area is 261 Å². The van der Waals surface area contributed by atoms with Gasteiger partial charge in [0, 0.05) is 0 Å². The van der Waals surface area contributed by atoms with Gasteiger partial charge in [-0.25, -0.2) is 0 Å². The maximum absolute atomic E-state index is 13.8. The molecule has 48 heavy (non-hydrogen) atoms. The zero-order valence-electron chi connectivity index (χ0n) is 20.6. The van der Waals surface area contributed by atoms with E-state index in [1.54, 1.807) is 0 Å². The summed E-state index contributed by atoms with van der Waals surface area (Å²) in [6, 6.07) is 0. The van der Waals surface area contributed by atoms with Crippen molar-refractivity contribution in [3.8, 4) is 0 Å². The molecule has 0 bridgehead atoms. The molecule has 0 saturated carbocycles. The van der Waals surface area contributed by atoms with Gasteiger partial charge in [-0.3, -0.25) is 0 Å². The molecule has 0 radical (unpaired) electrons. The minimum Gasteiger partial charge on any atom is -0.791 e. The summed E-state index contributed by atoms with van der Waals surface area (Å²) in [7, 11) is -11.2. The Balaban J connectivity index is 0. The molecule has 0 amide bonds. The van der Waals surface area contributed by atoms with Crippen molar-refractivity contribution in [2.75, 3.05) is 0 Å². The summed E-state index contributed by atoms with van der Waals surface area (Å²) in [4.78, 5) is 11.1. The fourth-order valence-electron chi connectivity index (χ4n) is 2.46. The molecule has 1 unspecified atom stereocenters. The van der Waals surface area contributed by atoms with Gasteiger partial charge in [0.25, 0.3) is 0 Å². The van der Waals surface area contributed by atoms with Crippen LogP contribution in [-0.4, -0.2) is 82.9 Å². The van der Waals surface area contributed by atoms with E-state index in [0.717, 1.165) is 0 Å². The zero-order valence-corrected chi connectivity index (χ0v) is 23.5. The van der Waals surface area contributed by atoms with E-state index in [1.165, 1.54) is 0 Å². The Morgan fingerprint density at radius 1 is 0.271 bits per heavy atom. The summed E-state index contributed by atoms with van der Waals surface area (Å²) in [5.74, 6) is -94.6. The van der Waals surface area contributed by atoms with E-state index < -0.39 is 90.3 Å². The molecule has 0 heterocycles. The average Bonchev–Trinajstić information content (AvgIpc) is 2.80. The van der Waals surface area contributed by atoms with Crippen LogP contribution in [0.15, 0.2) is 0 Å². The Kier molecular flexibility index (Phi) is 12.1. The first-order chi connectivity index (χ1) is 19.5. The molecule has 2 nitrogen and oxygen atoms in total. The summed E-state index contributed by atoms with van der Waals surface area (Å²) in [5, 5.41) is 0. The fourth-order valence-corrected chi connectivity index (χ4v) is 3.84. The molecular weight excluding hydrogens is 824 g/mol. The second-order valence-corrected chi connectivity index (χ2v) is 10.6. The smallest absolute Gasteiger partial charge is 0.791 e. The molecule has 0 aromatic rings. The van der Waals surface area contributed by atoms with Gasteiger partial charge in [-0.1, -0.05) is 0 Å². The van der Waals surface area contributed by atoms with E-state index in [0.29, 0.717) is 0 Å². The summed E-state index contributed by atoms with van der Waals surface area (Å²) in [6.45, 7) is 0. The van der Waals surface area contributed by atoms with E-state index in [2.05, 4.69) is 0 Å². The summed E-state index contributed by atoms with van der Waals surface area (Å²) in [6.07, 6.45) is -16.6. The van der Waals surface area contributed by atoms with Gasteiger partial charge in [0.1, 0.15) is 0 Å². The number of rotatable bonds is 12. The molecule has 1 atom stereocenters. The van der Waals surface area contributed by atoms with Crippen LogP contribution in [0.5, 0.6) is 0 Å². The quantitative estimate of drug-likeness (QED) is 0.132. The van der Waals surface area contributed by atoms with Gasteiger partial charge < -0.3 is 9.46 Å². The topological polar surface area (TPSA) is 40.1 Å². The number of halogens is 30. The van der Waals surface area contributed by atoms with Gasteiger partial charge in [0.05, 0.1) is 0 Å². The van der Waals surface area contributed by atoms with Crippen LogP contribution in [0.1, 0.15) is 0 Å². The first kappa shape index (κ1) is 49.2. The average molecular weight is 824 g/mol. The number of alkyl halides is 30. The summed E-state index contributed by atoms with van der Waals surface area (Å²) in [5.41, 5.74) is -19.5. The maximum atomic E-state index is 13.8. The first-order valence-corrected chi connectivity index (χ1v) is 11.1. The standard InChI is InChI=1S/C14HF30O2P.Na/c15-1(16,3(19,20)7(27,28)11(35,36)37)2(17,18)5(23,24)9(31,32)13(41,42)47(45,46)14(43,44)10(33,34)6(25,26)4(21,22)8(29,30)12(38,39)40;/h(H,45,46);/q;+1/p-1. The number of hydrogen-bond acceptors (Lipinski definition) is 2. The van der Waals surface area contributed by atoms with Gasteiger partial charge in [-0.15, -0.1) is 0 Å². The molecule has 0 N–H and O–H groups in total. The fraction of sp³-hybridized carbons (Fsp3) is 1.00. The molecule has 0 aliphatic heterocycles. The van der Waals surface area contributed by atoms with E-state index in [9.17, 15) is 141 Å². The first-order valence-electron chi connectivity index (χ1n) is 9.48. The van der Waals surface area contributed by atoms with E-state index in [-0.39, 0.29) is 29.6 Å². The second kappa shape index (κ2) is 11.8. The van der Waals surface area contributed by atoms with Crippen molar-refractivity contribution in [3.63, 3.8) is 0 Å². The van der Waals surface area contributed by atoms with E-state index in [1.807, 2.05) is 0 Å². The van der Waals surface area contributed by atoms with Gasteiger partial charge in [-0.05, 0) is 0 Å². The maximum Gasteiger partial charge on any atom is 1.00 e. The Hall–Kier alpha value is -0.910. The molecule has 0 rings (SSSR count). The third-order valence-corrected chi connectivity index (χ3v) is 7.40. The molecule has 0 aliphatic carbocycles. The molecule has 0 saturated heterocycles. The van der Waals surface area contributed by atoms with Crippen molar-refractivity contribution >= 4 is 7.37 Å². The van der Waals surface area contributed by atoms with Gasteiger partial charge in [0.15, 0.2) is 7.37 Å². The molecule has 0 aliphatic rings. The molecular formula is C14F30NaO2P. The minimum absolute atomic E-state index is 0. The van der Waals surface area contributed by atoms with Crippen molar-refractivity contribution in [2.24, 2.45) is 0 Å². The zero-order chi connectivity index (χ0) is 39.5. The van der Waals surface area contributed by atoms with Crippen LogP contribution in [0, 0.1) is 0 Å². The Bertz CT molecular complexity index is 1220. The predicted octanol–water partition coefficient (Wildman–Crippen LogP) is 6.29. The molecule has 34 heteroatoms. The summed E-state index contributed by atoms with van der Waals surface area (Å²) >= 11 is 0. The van der Waals surface area contributed by atoms with Crippen molar-refractivity contribution < 1.29 is 171 Å². The van der Waals surface area contributed by atoms with E-state index >= 15 is 0 Å². The normalized spacial score (nSPS) is 18.0. The van der Waals surface area contributed by atoms with Gasteiger partial charge in [-0.2, -0.15) is 132 Å². The van der Waals surface area contributed by atoms with Crippen molar-refractivity contribution in [2.45, 2.75) is 82.9 Å². The van der Waals surface area contributed by atoms with Crippen LogP contribution in [-0.2, 0) is 4.57 Å². The van der Waals surface area contributed by atoms with Crippen LogP contribution in [0.4, 0.5) is 132 Å². The monoisotopic (exact) mass is 824 g/mol. The van der Waals surface area contributed by atoms with Crippen LogP contribution in [0.2, 0.25) is 0 Å². The third-order valence-electron chi connectivity index (χ3n) is 5.36. The molecule has 0 spiro atoms. The SMILES string of the molecule is O=P([O-])(C(F)(F)C(F)(F)C(F)(F)C(F)(F)C(F)(F)C(F)(F)F)C(F)(F)C(F)(F)C(F)(F)C(F)(F)C(F)(F)C(F)(F)C(F)(F)C(F)(F)F.[Na+].